The third-order valence-electron chi connectivity index (χ3n) is 3.83. The number of ether oxygens (including phenoxy) is 1. The molecule has 2 aromatic rings. The van der Waals surface area contributed by atoms with Crippen LogP contribution in [0.2, 0.25) is 5.02 Å². The lowest BCUT2D eigenvalue weighted by Gasteiger charge is -2.32. The summed E-state index contributed by atoms with van der Waals surface area (Å²) in [6.07, 6.45) is -0.105. The van der Waals surface area contributed by atoms with E-state index in [0.29, 0.717) is 40.6 Å². The highest BCUT2D eigenvalue weighted by atomic mass is 35.5. The molecule has 1 atom stereocenters. The Morgan fingerprint density at radius 3 is 2.91 bits per heavy atom. The average Bonchev–Trinajstić information content (AvgIpc) is 2.55. The summed E-state index contributed by atoms with van der Waals surface area (Å²) in [7, 11) is 1.57. The molecule has 0 bridgehead atoms. The lowest BCUT2D eigenvalue weighted by atomic mass is 9.98. The molecular weight excluding hydrogens is 302 g/mol. The van der Waals surface area contributed by atoms with E-state index in [1.54, 1.807) is 54.5 Å². The first-order valence-corrected chi connectivity index (χ1v) is 7.41. The van der Waals surface area contributed by atoms with Crippen LogP contribution in [0.3, 0.4) is 0 Å². The molecule has 1 heterocycles. The molecule has 4 nitrogen and oxygen atoms in total. The van der Waals surface area contributed by atoms with Crippen LogP contribution in [0.15, 0.2) is 42.5 Å². The van der Waals surface area contributed by atoms with Gasteiger partial charge in [-0.2, -0.15) is 0 Å². The summed E-state index contributed by atoms with van der Waals surface area (Å²) in [5.74, 6) is 0.522. The van der Waals surface area contributed by atoms with Gasteiger partial charge in [0.1, 0.15) is 5.75 Å². The van der Waals surface area contributed by atoms with Crippen LogP contribution < -0.4 is 9.64 Å². The molecule has 0 saturated carbocycles. The van der Waals surface area contributed by atoms with Gasteiger partial charge in [-0.05, 0) is 42.8 Å². The van der Waals surface area contributed by atoms with Gasteiger partial charge in [0.15, 0.2) is 0 Å². The first-order chi connectivity index (χ1) is 10.6. The predicted molar refractivity (Wildman–Crippen MR) is 85.7 cm³/mol. The van der Waals surface area contributed by atoms with Crippen LogP contribution in [0.4, 0.5) is 5.69 Å². The van der Waals surface area contributed by atoms with Crippen LogP contribution in [-0.4, -0.2) is 24.7 Å². The van der Waals surface area contributed by atoms with Crippen LogP contribution in [0.25, 0.3) is 0 Å². The Morgan fingerprint density at radius 1 is 1.32 bits per heavy atom. The molecule has 22 heavy (non-hydrogen) atoms. The minimum Gasteiger partial charge on any atom is -0.497 e. The van der Waals surface area contributed by atoms with Crippen molar-refractivity contribution in [3.63, 3.8) is 0 Å². The molecule has 2 aromatic carbocycles. The number of aliphatic hydroxyl groups is 1. The van der Waals surface area contributed by atoms with Crippen molar-refractivity contribution in [1.29, 1.82) is 0 Å². The molecule has 1 amide bonds. The fourth-order valence-corrected chi connectivity index (χ4v) is 2.87. The van der Waals surface area contributed by atoms with Crippen LogP contribution in [-0.2, 0) is 0 Å². The first kappa shape index (κ1) is 14.9. The fourth-order valence-electron chi connectivity index (χ4n) is 2.69. The largest absolute Gasteiger partial charge is 0.497 e. The van der Waals surface area contributed by atoms with Gasteiger partial charge in [-0.1, -0.05) is 17.7 Å². The van der Waals surface area contributed by atoms with Crippen molar-refractivity contribution in [3.05, 3.63) is 58.6 Å². The molecule has 0 spiro atoms. The second kappa shape index (κ2) is 5.99. The number of benzene rings is 2. The van der Waals surface area contributed by atoms with Gasteiger partial charge >= 0.3 is 0 Å². The summed E-state index contributed by atoms with van der Waals surface area (Å²) in [5, 5.41) is 10.7. The number of rotatable bonds is 2. The van der Waals surface area contributed by atoms with Crippen LogP contribution in [0.1, 0.15) is 28.4 Å². The zero-order chi connectivity index (χ0) is 15.7. The Bertz CT molecular complexity index is 717. The van der Waals surface area contributed by atoms with E-state index in [-0.39, 0.29) is 5.91 Å². The number of nitrogens with zero attached hydrogens (tertiary/aromatic N) is 1. The minimum absolute atomic E-state index is 0.116. The smallest absolute Gasteiger partial charge is 0.258 e. The van der Waals surface area contributed by atoms with E-state index in [9.17, 15) is 9.90 Å². The standard InChI is InChI=1S/C17H16ClNO3/c1-22-13-4-2-3-11(9-13)17(21)19-8-7-16(20)14-10-12(18)5-6-15(14)19/h2-6,9-10,16,20H,7-8H2,1H3. The molecule has 1 aliphatic heterocycles. The number of hydrogen-bond acceptors (Lipinski definition) is 3. The van der Waals surface area contributed by atoms with Crippen LogP contribution in [0.5, 0.6) is 5.75 Å². The SMILES string of the molecule is COc1cccc(C(=O)N2CCC(O)c3cc(Cl)ccc32)c1. The molecule has 3 rings (SSSR count). The third-order valence-corrected chi connectivity index (χ3v) is 4.06. The molecule has 5 heteroatoms. The zero-order valence-electron chi connectivity index (χ0n) is 12.1. The van der Waals surface area contributed by atoms with Gasteiger partial charge < -0.3 is 14.7 Å². The third kappa shape index (κ3) is 2.67. The Hall–Kier alpha value is -2.04. The lowest BCUT2D eigenvalue weighted by Crippen LogP contribution is -2.36. The molecule has 0 radical (unpaired) electrons. The topological polar surface area (TPSA) is 49.8 Å². The van der Waals surface area contributed by atoms with E-state index in [2.05, 4.69) is 0 Å². The maximum atomic E-state index is 12.8. The monoisotopic (exact) mass is 317 g/mol. The molecule has 0 aliphatic carbocycles. The molecule has 1 unspecified atom stereocenters. The summed E-state index contributed by atoms with van der Waals surface area (Å²) in [6, 6.07) is 12.3. The second-order valence-corrected chi connectivity index (χ2v) is 5.63. The van der Waals surface area contributed by atoms with Crippen molar-refractivity contribution in [1.82, 2.24) is 0 Å². The molecule has 0 fully saturated rings. The minimum atomic E-state index is -0.594. The van der Waals surface area contributed by atoms with E-state index in [1.807, 2.05) is 0 Å². The quantitative estimate of drug-likeness (QED) is 0.923. The lowest BCUT2D eigenvalue weighted by molar-refractivity contribution is 0.0970. The number of halogens is 1. The summed E-state index contributed by atoms with van der Waals surface area (Å²) >= 11 is 5.99. The highest BCUT2D eigenvalue weighted by Gasteiger charge is 2.28. The van der Waals surface area contributed by atoms with Crippen molar-refractivity contribution in [2.45, 2.75) is 12.5 Å². The number of fused-ring (bicyclic) bond motifs is 1. The first-order valence-electron chi connectivity index (χ1n) is 7.03. The number of aliphatic hydroxyl groups excluding tert-OH is 1. The Morgan fingerprint density at radius 2 is 2.14 bits per heavy atom. The number of carbonyl (C=O) groups excluding carboxylic acids is 1. The van der Waals surface area contributed by atoms with Gasteiger partial charge in [-0.25, -0.2) is 0 Å². The van der Waals surface area contributed by atoms with Gasteiger partial charge in [0.25, 0.3) is 5.91 Å². The molecule has 0 saturated heterocycles. The molecular formula is C17H16ClNO3. The van der Waals surface area contributed by atoms with Gasteiger partial charge in [0.2, 0.25) is 0 Å². The van der Waals surface area contributed by atoms with Gasteiger partial charge in [0, 0.05) is 28.4 Å². The van der Waals surface area contributed by atoms with E-state index in [4.69, 9.17) is 16.3 Å². The van der Waals surface area contributed by atoms with Crippen molar-refractivity contribution in [2.75, 3.05) is 18.6 Å². The van der Waals surface area contributed by atoms with Crippen molar-refractivity contribution in [2.24, 2.45) is 0 Å². The van der Waals surface area contributed by atoms with E-state index in [1.165, 1.54) is 0 Å². The number of amides is 1. The molecule has 114 valence electrons. The van der Waals surface area contributed by atoms with E-state index >= 15 is 0 Å². The number of anilines is 1. The van der Waals surface area contributed by atoms with Crippen LogP contribution >= 0.6 is 11.6 Å². The maximum Gasteiger partial charge on any atom is 0.258 e. The average molecular weight is 318 g/mol. The summed E-state index contributed by atoms with van der Waals surface area (Å²) < 4.78 is 5.17. The Balaban J connectivity index is 1.99. The second-order valence-electron chi connectivity index (χ2n) is 5.20. The van der Waals surface area contributed by atoms with Gasteiger partial charge in [-0.15, -0.1) is 0 Å². The van der Waals surface area contributed by atoms with Gasteiger partial charge in [-0.3, -0.25) is 4.79 Å². The molecule has 1 N–H and O–H groups in total. The highest BCUT2D eigenvalue weighted by Crippen LogP contribution is 2.36. The predicted octanol–water partition coefficient (Wildman–Crippen LogP) is 3.43. The normalized spacial score (nSPS) is 17.0. The number of hydrogen-bond donors (Lipinski definition) is 1. The van der Waals surface area contributed by atoms with Crippen molar-refractivity contribution in [3.8, 4) is 5.75 Å². The fraction of sp³-hybridized carbons (Fsp3) is 0.235. The number of carbonyl (C=O) groups is 1. The summed E-state index contributed by atoms with van der Waals surface area (Å²) in [6.45, 7) is 0.464. The summed E-state index contributed by atoms with van der Waals surface area (Å²) in [5.41, 5.74) is 1.95. The summed E-state index contributed by atoms with van der Waals surface area (Å²) in [4.78, 5) is 14.5. The number of methoxy groups -OCH3 is 1. The maximum absolute atomic E-state index is 12.8. The van der Waals surface area contributed by atoms with Gasteiger partial charge in [0.05, 0.1) is 13.2 Å². The Labute approximate surface area is 133 Å². The van der Waals surface area contributed by atoms with Crippen molar-refractivity contribution >= 4 is 23.2 Å². The highest BCUT2D eigenvalue weighted by molar-refractivity contribution is 6.30. The molecule has 0 aromatic heterocycles. The van der Waals surface area contributed by atoms with E-state index < -0.39 is 6.10 Å². The van der Waals surface area contributed by atoms with Crippen LogP contribution in [0, 0.1) is 0 Å². The Kier molecular flexibility index (Phi) is 4.05. The van der Waals surface area contributed by atoms with Crippen molar-refractivity contribution < 1.29 is 14.6 Å². The zero-order valence-corrected chi connectivity index (χ0v) is 12.9. The molecule has 1 aliphatic rings. The van der Waals surface area contributed by atoms with E-state index in [0.717, 1.165) is 0 Å².